The van der Waals surface area contributed by atoms with Gasteiger partial charge in [-0.2, -0.15) is 0 Å². The SMILES string of the molecule is CS(=O)(=O)CCNCc1nc(-c2ccc3ncnc(Nc4ccc(OCc5cccc(F)c5)c(Cl)c4)c3c2)cs1.Fc1cccc(COc2ccc(Nc3ncnc4ccc(-c5ccc(C6OCCO6)o5)cc34)cc2Cl)c1.O=Cc1ccc(-c2ccc3ncnc(Nc4ccc(OCc5cccc(F)c5)c(Cl)c4)c3c2)o1.O=Cc1ccc(-c2ccc3ncnc(Nc4ccc(OCc5cccc(F)c5)c(Cl)c4)c3c2)o1. The first-order chi connectivity index (χ1) is 70.5. The van der Waals surface area contributed by atoms with Gasteiger partial charge in [-0.05, 0) is 247 Å². The molecule has 21 rings (SSSR count). The molecule has 5 N–H and O–H groups in total. The van der Waals surface area contributed by atoms with Crippen LogP contribution in [0.2, 0.25) is 20.1 Å². The first-order valence-electron chi connectivity index (χ1n) is 44.6. The summed E-state index contributed by atoms with van der Waals surface area (Å²) >= 11 is 27.3. The number of sulfone groups is 1. The summed E-state index contributed by atoms with van der Waals surface area (Å²) in [6, 6.07) is 79.5. The number of ether oxygens (including phenoxy) is 6. The highest BCUT2D eigenvalue weighted by atomic mass is 35.5. The maximum Gasteiger partial charge on any atom is 0.217 e. The molecule has 0 saturated carbocycles. The molecule has 12 aromatic carbocycles. The van der Waals surface area contributed by atoms with Crippen LogP contribution in [-0.4, -0.2) is 97.6 Å². The predicted molar refractivity (Wildman–Crippen MR) is 551 cm³/mol. The largest absolute Gasteiger partial charge is 0.487 e. The molecule has 1 fully saturated rings. The molecule has 1 aliphatic heterocycles. The molecule has 0 aliphatic carbocycles. The zero-order valence-corrected chi connectivity index (χ0v) is 80.9. The second kappa shape index (κ2) is 46.3. The van der Waals surface area contributed by atoms with Gasteiger partial charge in [0.25, 0.3) is 0 Å². The number of carbonyl (C=O) groups is 2. The summed E-state index contributed by atoms with van der Waals surface area (Å²) in [6.07, 6.45) is 8.01. The normalized spacial score (nSPS) is 11.8. The molecule has 1 aliphatic rings. The van der Waals surface area contributed by atoms with Gasteiger partial charge in [0.2, 0.25) is 6.29 Å². The number of hydrogen-bond donors (Lipinski definition) is 5. The van der Waals surface area contributed by atoms with E-state index in [1.807, 2.05) is 115 Å². The molecule has 0 spiro atoms. The number of furan rings is 3. The van der Waals surface area contributed by atoms with E-state index < -0.39 is 16.1 Å². The third-order valence-electron chi connectivity index (χ3n) is 22.0. The van der Waals surface area contributed by atoms with Gasteiger partial charge in [-0.3, -0.25) is 9.59 Å². The third kappa shape index (κ3) is 26.1. The number of aldehydes is 2. The predicted octanol–water partition coefficient (Wildman–Crippen LogP) is 26.7. The van der Waals surface area contributed by atoms with Gasteiger partial charge in [-0.15, -0.1) is 11.3 Å². The minimum absolute atomic E-state index is 0.0849. The summed E-state index contributed by atoms with van der Waals surface area (Å²) in [4.78, 5) is 61.6. The van der Waals surface area contributed by atoms with Crippen LogP contribution in [0.1, 0.15) is 60.4 Å². The zero-order chi connectivity index (χ0) is 100. The summed E-state index contributed by atoms with van der Waals surface area (Å²) in [5.74, 6) is 6.12. The lowest BCUT2D eigenvalue weighted by Gasteiger charge is -2.12. The van der Waals surface area contributed by atoms with Crippen molar-refractivity contribution in [2.24, 2.45) is 0 Å². The first-order valence-corrected chi connectivity index (χ1v) is 49.0. The van der Waals surface area contributed by atoms with Crippen molar-refractivity contribution < 1.29 is 77.2 Å². The van der Waals surface area contributed by atoms with Crippen molar-refractivity contribution in [3.8, 4) is 68.2 Å². The highest BCUT2D eigenvalue weighted by Gasteiger charge is 2.24. The number of anilines is 8. The van der Waals surface area contributed by atoms with Crippen molar-refractivity contribution in [3.05, 3.63) is 398 Å². The van der Waals surface area contributed by atoms with Crippen LogP contribution in [0.25, 0.3) is 88.8 Å². The summed E-state index contributed by atoms with van der Waals surface area (Å²) in [5.41, 5.74) is 12.9. The molecule has 728 valence electrons. The monoisotopic (exact) mass is 2060 g/mol. The maximum absolute atomic E-state index is 13.4. The Labute approximate surface area is 849 Å². The molecular formula is C108H80Cl4F4N14O13S2. The van der Waals surface area contributed by atoms with E-state index >= 15 is 0 Å². The average molecular weight is 2060 g/mol. The lowest BCUT2D eigenvalue weighted by Crippen LogP contribution is -2.21. The van der Waals surface area contributed by atoms with Crippen LogP contribution in [0.4, 0.5) is 63.6 Å². The van der Waals surface area contributed by atoms with Gasteiger partial charge in [0.05, 0.1) is 66.8 Å². The van der Waals surface area contributed by atoms with E-state index in [2.05, 4.69) is 66.5 Å². The van der Waals surface area contributed by atoms with Gasteiger partial charge >= 0.3 is 0 Å². The molecule has 1 saturated heterocycles. The Kier molecular flexibility index (Phi) is 31.6. The van der Waals surface area contributed by atoms with Gasteiger partial charge in [0, 0.05) is 91.3 Å². The Morgan fingerprint density at radius 3 is 1.04 bits per heavy atom. The lowest BCUT2D eigenvalue weighted by molar-refractivity contribution is -0.0585. The molecule has 9 heterocycles. The quantitative estimate of drug-likeness (QED) is 0.0148. The minimum Gasteiger partial charge on any atom is -0.487 e. The number of halogens is 8. The fourth-order valence-corrected chi connectivity index (χ4v) is 17.2. The van der Waals surface area contributed by atoms with Crippen LogP contribution in [0, 0.1) is 23.3 Å². The van der Waals surface area contributed by atoms with E-state index in [-0.39, 0.29) is 67.0 Å². The number of nitrogens with one attached hydrogen (secondary N) is 5. The number of hydrogen-bond acceptors (Lipinski definition) is 28. The van der Waals surface area contributed by atoms with Crippen LogP contribution in [0.3, 0.4) is 0 Å². The minimum atomic E-state index is -3.01. The number of aromatic nitrogens is 9. The topological polar surface area (TPSA) is 339 Å². The highest BCUT2D eigenvalue weighted by molar-refractivity contribution is 7.90. The number of nitrogens with zero attached hydrogens (tertiary/aromatic N) is 9. The molecule has 0 unspecified atom stereocenters. The molecule has 145 heavy (non-hydrogen) atoms. The molecule has 0 atom stereocenters. The maximum atomic E-state index is 13.4. The average Bonchev–Trinajstić information content (AvgIpc) is 1.77. The van der Waals surface area contributed by atoms with E-state index in [1.165, 1.54) is 91.4 Å². The van der Waals surface area contributed by atoms with Crippen LogP contribution in [-0.2, 0) is 52.3 Å². The second-order valence-corrected chi connectivity index (χ2v) is 37.3. The van der Waals surface area contributed by atoms with Crippen molar-refractivity contribution in [1.29, 1.82) is 0 Å². The molecule has 0 bridgehead atoms. The van der Waals surface area contributed by atoms with Crippen molar-refractivity contribution in [3.63, 3.8) is 0 Å². The number of benzene rings is 12. The molecular weight excluding hydrogens is 1980 g/mol. The summed E-state index contributed by atoms with van der Waals surface area (Å²) in [7, 11) is -3.01. The van der Waals surface area contributed by atoms with Crippen LogP contribution in [0.15, 0.2) is 323 Å². The van der Waals surface area contributed by atoms with Crippen molar-refractivity contribution in [2.75, 3.05) is 53.0 Å². The van der Waals surface area contributed by atoms with E-state index in [4.69, 9.17) is 93.1 Å². The molecule has 0 amide bonds. The smallest absolute Gasteiger partial charge is 0.217 e. The van der Waals surface area contributed by atoms with Gasteiger partial charge in [0.15, 0.2) is 29.9 Å². The van der Waals surface area contributed by atoms with Crippen molar-refractivity contribution >= 4 is 170 Å². The molecule has 8 aromatic heterocycles. The fourth-order valence-electron chi connectivity index (χ4n) is 15.0. The molecule has 0 radical (unpaired) electrons. The standard InChI is InChI=1S/C28H25ClFN5O3S2.C28H21ClFN3O4.2C26H17ClFN3O3/c1-40(36,37)10-9-31-14-27-35-25(16-39-27)19-5-7-24-22(12-19)28(33-17-32-24)34-21-6-8-26(23(29)13-21)38-15-18-3-2-4-20(30)11-18;29-22-14-20(5-7-25(22)36-15-17-2-1-3-19(30)12-17)33-27-21-13-18(4-6-23(21)31-16-32-27)24-8-9-26(37-24)28-34-10-11-35-28;2*27-22-12-19(5-8-25(22)33-14-16-2-1-3-18(28)10-16)31-26-21-11-17(4-7-23(21)29-15-30-26)24-9-6-20(13-32)34-24/h2-8,11-13,16-17,31H,9-10,14-15H2,1H3,(H,32,33,34);1-9,12-14,16,28H,10-11,15H2,(H,31,32,33);2*1-13,15H,14H2,(H,29,30,31). The van der Waals surface area contributed by atoms with Crippen LogP contribution >= 0.6 is 57.7 Å². The van der Waals surface area contributed by atoms with Crippen molar-refractivity contribution in [2.45, 2.75) is 39.3 Å². The Balaban J connectivity index is 0.000000127. The number of fused-ring (bicyclic) bond motifs is 4. The molecule has 20 aromatic rings. The summed E-state index contributed by atoms with van der Waals surface area (Å²) in [5, 5.41) is 23.9. The molecule has 37 heteroatoms. The van der Waals surface area contributed by atoms with Gasteiger partial charge in [0.1, 0.15) is 153 Å². The van der Waals surface area contributed by atoms with Crippen molar-refractivity contribution in [1.82, 2.24) is 50.2 Å². The summed E-state index contributed by atoms with van der Waals surface area (Å²) in [6.45, 7) is 2.76. The Hall–Kier alpha value is -16.1. The number of rotatable bonds is 32. The van der Waals surface area contributed by atoms with Gasteiger partial charge < -0.3 is 68.3 Å². The van der Waals surface area contributed by atoms with Crippen LogP contribution in [0.5, 0.6) is 23.0 Å². The van der Waals surface area contributed by atoms with E-state index in [9.17, 15) is 35.6 Å². The first kappa shape index (κ1) is 99.1. The number of carbonyl (C=O) groups excluding carboxylic acids is 2. The van der Waals surface area contributed by atoms with Gasteiger partial charge in [-0.25, -0.2) is 70.8 Å². The zero-order valence-electron chi connectivity index (χ0n) is 76.2. The van der Waals surface area contributed by atoms with Crippen LogP contribution < -0.4 is 45.5 Å². The molecule has 27 nitrogen and oxygen atoms in total. The number of thiazole rings is 1. The Morgan fingerprint density at radius 2 is 0.717 bits per heavy atom. The summed E-state index contributed by atoms with van der Waals surface area (Å²) < 4.78 is 127. The highest BCUT2D eigenvalue weighted by Crippen LogP contribution is 2.41. The van der Waals surface area contributed by atoms with E-state index in [0.717, 1.165) is 82.3 Å². The second-order valence-electron chi connectivity index (χ2n) is 32.4. The van der Waals surface area contributed by atoms with E-state index in [0.29, 0.717) is 168 Å². The van der Waals surface area contributed by atoms with Gasteiger partial charge in [-0.1, -0.05) is 101 Å². The fraction of sp³-hybridized carbons (Fsp3) is 0.102. The van der Waals surface area contributed by atoms with E-state index in [1.54, 1.807) is 121 Å². The Bertz CT molecular complexity index is 8010. The lowest BCUT2D eigenvalue weighted by atomic mass is 10.1. The Morgan fingerprint density at radius 1 is 0.386 bits per heavy atom. The third-order valence-corrected chi connectivity index (χ3v) is 25.0.